The second-order valence-electron chi connectivity index (χ2n) is 6.29. The number of carbonyl (C=O) groups is 1. The predicted molar refractivity (Wildman–Crippen MR) is 100 cm³/mol. The molecule has 0 spiro atoms. The standard InChI is InChI=1S/C17H22N6O3S/c18-27(25,26)15-3-1-14(2-4-15)11-21-17(24)13-22-7-9-23(10-8-22)16-12-19-5-6-20-16/h1-6,12H,7-11,13H2,(H,21,24)(H2,18,25,26). The number of piperazine rings is 1. The van der Waals surface area contributed by atoms with Gasteiger partial charge in [0.2, 0.25) is 15.9 Å². The van der Waals surface area contributed by atoms with Crippen LogP contribution in [0.5, 0.6) is 0 Å². The van der Waals surface area contributed by atoms with Gasteiger partial charge in [-0.15, -0.1) is 0 Å². The molecule has 10 heteroatoms. The van der Waals surface area contributed by atoms with Crippen LogP contribution in [0, 0.1) is 0 Å². The van der Waals surface area contributed by atoms with Gasteiger partial charge in [-0.3, -0.25) is 14.7 Å². The summed E-state index contributed by atoms with van der Waals surface area (Å²) in [7, 11) is -3.70. The Kier molecular flexibility index (Phi) is 5.99. The minimum Gasteiger partial charge on any atom is -0.353 e. The van der Waals surface area contributed by atoms with Crippen molar-refractivity contribution in [3.63, 3.8) is 0 Å². The molecule has 0 unspecified atom stereocenters. The van der Waals surface area contributed by atoms with Gasteiger partial charge in [0.15, 0.2) is 0 Å². The summed E-state index contributed by atoms with van der Waals surface area (Å²) in [4.78, 5) is 24.8. The lowest BCUT2D eigenvalue weighted by Gasteiger charge is -2.34. The molecule has 3 N–H and O–H groups in total. The number of carbonyl (C=O) groups excluding carboxylic acids is 1. The second-order valence-corrected chi connectivity index (χ2v) is 7.85. The van der Waals surface area contributed by atoms with Gasteiger partial charge in [-0.1, -0.05) is 12.1 Å². The van der Waals surface area contributed by atoms with Gasteiger partial charge in [0.05, 0.1) is 17.6 Å². The molecule has 3 rings (SSSR count). The fourth-order valence-electron chi connectivity index (χ4n) is 2.85. The molecule has 1 saturated heterocycles. The van der Waals surface area contributed by atoms with Crippen molar-refractivity contribution in [2.45, 2.75) is 11.4 Å². The summed E-state index contributed by atoms with van der Waals surface area (Å²) >= 11 is 0. The molecule has 1 aliphatic heterocycles. The van der Waals surface area contributed by atoms with E-state index in [2.05, 4.69) is 25.1 Å². The van der Waals surface area contributed by atoms with Crippen LogP contribution in [0.25, 0.3) is 0 Å². The Hall–Kier alpha value is -2.56. The van der Waals surface area contributed by atoms with E-state index in [1.807, 2.05) is 0 Å². The lowest BCUT2D eigenvalue weighted by atomic mass is 10.2. The normalized spacial score (nSPS) is 15.5. The number of rotatable bonds is 6. The van der Waals surface area contributed by atoms with E-state index in [-0.39, 0.29) is 10.8 Å². The van der Waals surface area contributed by atoms with Crippen LogP contribution >= 0.6 is 0 Å². The van der Waals surface area contributed by atoms with Crippen LogP contribution in [-0.2, 0) is 21.4 Å². The molecule has 1 fully saturated rings. The number of anilines is 1. The van der Waals surface area contributed by atoms with E-state index in [4.69, 9.17) is 5.14 Å². The van der Waals surface area contributed by atoms with Crippen molar-refractivity contribution in [3.05, 3.63) is 48.4 Å². The summed E-state index contributed by atoms with van der Waals surface area (Å²) in [5, 5.41) is 7.92. The first kappa shape index (κ1) is 19.2. The minimum absolute atomic E-state index is 0.0542. The smallest absolute Gasteiger partial charge is 0.238 e. The molecular formula is C17H22N6O3S. The zero-order valence-corrected chi connectivity index (χ0v) is 15.6. The zero-order chi connectivity index (χ0) is 19.3. The number of nitrogens with zero attached hydrogens (tertiary/aromatic N) is 4. The molecule has 0 atom stereocenters. The third-order valence-corrected chi connectivity index (χ3v) is 5.28. The van der Waals surface area contributed by atoms with E-state index in [1.54, 1.807) is 30.7 Å². The number of amides is 1. The first-order chi connectivity index (χ1) is 12.9. The molecule has 144 valence electrons. The maximum atomic E-state index is 12.2. The topological polar surface area (TPSA) is 122 Å². The van der Waals surface area contributed by atoms with Crippen LogP contribution in [0.2, 0.25) is 0 Å². The van der Waals surface area contributed by atoms with E-state index in [9.17, 15) is 13.2 Å². The molecule has 0 radical (unpaired) electrons. The fourth-order valence-corrected chi connectivity index (χ4v) is 3.36. The highest BCUT2D eigenvalue weighted by Crippen LogP contribution is 2.11. The largest absolute Gasteiger partial charge is 0.353 e. The maximum Gasteiger partial charge on any atom is 0.238 e. The summed E-state index contributed by atoms with van der Waals surface area (Å²) in [6.07, 6.45) is 5.06. The number of nitrogens with two attached hydrogens (primary N) is 1. The van der Waals surface area contributed by atoms with Crippen molar-refractivity contribution >= 4 is 21.7 Å². The van der Waals surface area contributed by atoms with E-state index in [0.717, 1.165) is 37.6 Å². The van der Waals surface area contributed by atoms with Crippen molar-refractivity contribution in [3.8, 4) is 0 Å². The van der Waals surface area contributed by atoms with Crippen molar-refractivity contribution in [2.75, 3.05) is 37.6 Å². The second kappa shape index (κ2) is 8.42. The van der Waals surface area contributed by atoms with E-state index in [0.29, 0.717) is 13.1 Å². The lowest BCUT2D eigenvalue weighted by Crippen LogP contribution is -2.49. The third kappa shape index (κ3) is 5.46. The van der Waals surface area contributed by atoms with Crippen LogP contribution in [0.15, 0.2) is 47.8 Å². The van der Waals surface area contributed by atoms with Crippen molar-refractivity contribution < 1.29 is 13.2 Å². The number of hydrogen-bond donors (Lipinski definition) is 2. The van der Waals surface area contributed by atoms with Gasteiger partial charge in [0, 0.05) is 45.1 Å². The Morgan fingerprint density at radius 2 is 1.81 bits per heavy atom. The highest BCUT2D eigenvalue weighted by molar-refractivity contribution is 7.89. The molecular weight excluding hydrogens is 368 g/mol. The van der Waals surface area contributed by atoms with Crippen LogP contribution < -0.4 is 15.4 Å². The Bertz CT molecular complexity index is 865. The van der Waals surface area contributed by atoms with E-state index < -0.39 is 10.0 Å². The van der Waals surface area contributed by atoms with Crippen molar-refractivity contribution in [1.82, 2.24) is 20.2 Å². The molecule has 0 aliphatic carbocycles. The minimum atomic E-state index is -3.70. The molecule has 9 nitrogen and oxygen atoms in total. The molecule has 0 bridgehead atoms. The lowest BCUT2D eigenvalue weighted by molar-refractivity contribution is -0.122. The third-order valence-electron chi connectivity index (χ3n) is 4.35. The van der Waals surface area contributed by atoms with Gasteiger partial charge in [-0.2, -0.15) is 0 Å². The Morgan fingerprint density at radius 3 is 2.41 bits per heavy atom. The van der Waals surface area contributed by atoms with Crippen LogP contribution in [0.3, 0.4) is 0 Å². The molecule has 2 aromatic rings. The first-order valence-corrected chi connectivity index (χ1v) is 10.1. The van der Waals surface area contributed by atoms with Gasteiger partial charge in [-0.25, -0.2) is 18.5 Å². The average Bonchev–Trinajstić information content (AvgIpc) is 2.67. The summed E-state index contributed by atoms with van der Waals surface area (Å²) < 4.78 is 22.5. The molecule has 1 aromatic carbocycles. The molecule has 27 heavy (non-hydrogen) atoms. The Morgan fingerprint density at radius 1 is 1.11 bits per heavy atom. The fraction of sp³-hybridized carbons (Fsp3) is 0.353. The van der Waals surface area contributed by atoms with Crippen LogP contribution in [0.4, 0.5) is 5.82 Å². The Labute approximate surface area is 158 Å². The summed E-state index contributed by atoms with van der Waals surface area (Å²) in [5.41, 5.74) is 0.809. The van der Waals surface area contributed by atoms with Gasteiger partial charge < -0.3 is 10.2 Å². The predicted octanol–water partition coefficient (Wildman–Crippen LogP) is -0.438. The molecule has 0 saturated carbocycles. The molecule has 2 heterocycles. The zero-order valence-electron chi connectivity index (χ0n) is 14.8. The number of hydrogen-bond acceptors (Lipinski definition) is 7. The molecule has 1 aromatic heterocycles. The number of sulfonamides is 1. The summed E-state index contributed by atoms with van der Waals surface area (Å²) in [6, 6.07) is 6.14. The number of nitrogens with one attached hydrogen (secondary N) is 1. The number of aromatic nitrogens is 2. The number of primary sulfonamides is 1. The SMILES string of the molecule is NS(=O)(=O)c1ccc(CNC(=O)CN2CCN(c3cnccn3)CC2)cc1. The molecule has 1 amide bonds. The van der Waals surface area contributed by atoms with Gasteiger partial charge in [-0.05, 0) is 17.7 Å². The summed E-state index contributed by atoms with van der Waals surface area (Å²) in [6.45, 7) is 3.79. The van der Waals surface area contributed by atoms with Gasteiger partial charge in [0.1, 0.15) is 5.82 Å². The summed E-state index contributed by atoms with van der Waals surface area (Å²) in [5.74, 6) is 0.781. The highest BCUT2D eigenvalue weighted by atomic mass is 32.2. The monoisotopic (exact) mass is 390 g/mol. The van der Waals surface area contributed by atoms with Crippen LogP contribution in [-0.4, -0.2) is 61.9 Å². The quantitative estimate of drug-likeness (QED) is 0.686. The Balaban J connectivity index is 1.42. The van der Waals surface area contributed by atoms with Gasteiger partial charge >= 0.3 is 0 Å². The van der Waals surface area contributed by atoms with E-state index >= 15 is 0 Å². The van der Waals surface area contributed by atoms with Crippen molar-refractivity contribution in [1.29, 1.82) is 0 Å². The molecule has 1 aliphatic rings. The highest BCUT2D eigenvalue weighted by Gasteiger charge is 2.19. The first-order valence-electron chi connectivity index (χ1n) is 8.53. The van der Waals surface area contributed by atoms with Crippen LogP contribution in [0.1, 0.15) is 5.56 Å². The average molecular weight is 390 g/mol. The van der Waals surface area contributed by atoms with Crippen molar-refractivity contribution in [2.24, 2.45) is 5.14 Å². The number of benzene rings is 1. The van der Waals surface area contributed by atoms with E-state index in [1.165, 1.54) is 12.1 Å². The van der Waals surface area contributed by atoms with Gasteiger partial charge in [0.25, 0.3) is 0 Å². The maximum absolute atomic E-state index is 12.2.